The Morgan fingerprint density at radius 3 is 0.781 bits per heavy atom. The first kappa shape index (κ1) is 82.8. The molecule has 0 spiro atoms. The molecule has 9 aromatic rings. The fourth-order valence-corrected chi connectivity index (χ4v) is 18.9. The van der Waals surface area contributed by atoms with E-state index >= 15 is 28.8 Å². The van der Waals surface area contributed by atoms with Gasteiger partial charge < -0.3 is 64.5 Å². The van der Waals surface area contributed by atoms with Gasteiger partial charge in [0.05, 0.1) is 35.5 Å². The number of amides is 4. The third kappa shape index (κ3) is 16.2. The quantitative estimate of drug-likeness (QED) is 0.0102. The second-order valence-corrected chi connectivity index (χ2v) is 39.9. The van der Waals surface area contributed by atoms with Crippen LogP contribution in [0.1, 0.15) is 198 Å². The van der Waals surface area contributed by atoms with Gasteiger partial charge in [0.1, 0.15) is 83.8 Å². The first-order valence-corrected chi connectivity index (χ1v) is 43.1. The van der Waals surface area contributed by atoms with Crippen LogP contribution in [0, 0.1) is 11.8 Å². The number of carbonyl (C=O) groups is 6. The van der Waals surface area contributed by atoms with Crippen LogP contribution in [0.25, 0.3) is 43.1 Å². The minimum Gasteiger partial charge on any atom is -0.462 e. The average molecular weight is 1590 g/mol. The lowest BCUT2D eigenvalue weighted by Crippen LogP contribution is -2.54. The number of rotatable bonds is 30. The second-order valence-electron chi connectivity index (χ2n) is 34.2. The summed E-state index contributed by atoms with van der Waals surface area (Å²) in [6, 6.07) is 34.2. The molecule has 22 nitrogen and oxygen atoms in total. The van der Waals surface area contributed by atoms with E-state index in [1.165, 1.54) is 42.7 Å². The smallest absolute Gasteiger partial charge is 0.462 e. The largest absolute Gasteiger partial charge is 0.527 e. The Bertz CT molecular complexity index is 4510. The normalized spacial score (nSPS) is 16.0. The van der Waals surface area contributed by atoms with Gasteiger partial charge in [-0.05, 0) is 154 Å². The molecule has 2 heterocycles. The summed E-state index contributed by atoms with van der Waals surface area (Å²) in [5.74, 6) is -4.01. The predicted octanol–water partition coefficient (Wildman–Crippen LogP) is 18.4. The minimum absolute atomic E-state index is 0.00735. The molecule has 2 saturated carbocycles. The minimum atomic E-state index is -3.20. The molecule has 2 unspecified atom stereocenters. The highest BCUT2D eigenvalue weighted by Gasteiger charge is 2.51. The van der Waals surface area contributed by atoms with Crippen LogP contribution in [0.4, 0.5) is 0 Å². The third-order valence-corrected chi connectivity index (χ3v) is 27.7. The number of fused-ring (bicyclic) bond motifs is 2. The zero-order valence-electron chi connectivity index (χ0n) is 68.8. The van der Waals surface area contributed by atoms with Gasteiger partial charge in [0.25, 0.3) is 23.6 Å². The predicted molar refractivity (Wildman–Crippen MR) is 438 cm³/mol. The number of imide groups is 2. The van der Waals surface area contributed by atoms with Gasteiger partial charge in [-0.1, -0.05) is 157 Å². The molecule has 4 amide bonds. The second kappa shape index (κ2) is 32.8. The van der Waals surface area contributed by atoms with Crippen LogP contribution in [0.15, 0.2) is 121 Å². The number of hydrogen-bond donors (Lipinski definition) is 0. The molecule has 114 heavy (non-hydrogen) atoms. The summed E-state index contributed by atoms with van der Waals surface area (Å²) >= 11 is 0. The van der Waals surface area contributed by atoms with Crippen molar-refractivity contribution in [1.82, 2.24) is 9.80 Å². The topological polar surface area (TPSA) is 238 Å². The van der Waals surface area contributed by atoms with Crippen molar-refractivity contribution >= 4 is 96.3 Å². The molecule has 9 aromatic carbocycles. The maximum Gasteiger partial charge on any atom is 0.527 e. The van der Waals surface area contributed by atoms with Crippen molar-refractivity contribution in [2.75, 3.05) is 81.5 Å². The number of nitrogens with zero attached hydrogens (tertiary/aromatic N) is 2. The molecule has 24 heteroatoms. The van der Waals surface area contributed by atoms with Gasteiger partial charge in [0, 0.05) is 85.7 Å². The Kier molecular flexibility index (Phi) is 23.8. The van der Waals surface area contributed by atoms with E-state index in [-0.39, 0.29) is 149 Å². The molecule has 4 aliphatic rings. The molecular formula is C90H106N2O20Si2. The lowest BCUT2D eigenvalue weighted by Gasteiger charge is -2.37. The molecule has 604 valence electrons. The van der Waals surface area contributed by atoms with Crippen molar-refractivity contribution in [3.8, 4) is 46.0 Å². The Balaban J connectivity index is 1.13. The highest BCUT2D eigenvalue weighted by molar-refractivity contribution is 6.60. The summed E-state index contributed by atoms with van der Waals surface area (Å²) in [5, 5.41) is 2.10. The summed E-state index contributed by atoms with van der Waals surface area (Å²) in [7, 11) is 2.40. The summed E-state index contributed by atoms with van der Waals surface area (Å²) in [5.41, 5.74) is 2.95. The van der Waals surface area contributed by atoms with Crippen molar-refractivity contribution < 1.29 is 93.2 Å². The Morgan fingerprint density at radius 2 is 0.570 bits per heavy atom. The van der Waals surface area contributed by atoms with Crippen LogP contribution in [-0.4, -0.2) is 157 Å². The Morgan fingerprint density at radius 1 is 0.342 bits per heavy atom. The zero-order chi connectivity index (χ0) is 81.7. The first-order valence-electron chi connectivity index (χ1n) is 39.3. The molecule has 2 fully saturated rings. The van der Waals surface area contributed by atoms with Gasteiger partial charge in [-0.3, -0.25) is 29.0 Å². The van der Waals surface area contributed by atoms with Crippen molar-refractivity contribution in [2.24, 2.45) is 11.8 Å². The van der Waals surface area contributed by atoms with E-state index in [1.807, 2.05) is 97.1 Å². The highest BCUT2D eigenvalue weighted by Crippen LogP contribution is 2.59. The molecule has 13 rings (SSSR count). The SMILES string of the molecule is CO[Si](COCCOC(=O)C(C1CCCC1)N1C(=O)c2cc(Oc3ccc(C(C)(C)C)cc3)c3c4c(Oc5ccc(C(C)(C)C)cc5)cc5c6c(cc(Oc7ccc(C(C)(C)C)cc7)c(c7c(Oc8ccc(C(C)(C)C)cc8)cc(c2c37)C1=O)c64)C(=O)N(C(C(=O)OCCOC[Si](OC)(OC)OC)C1CCCC1)C5=O)(OC)OC. The van der Waals surface area contributed by atoms with Crippen LogP contribution in [0.5, 0.6) is 46.0 Å². The molecule has 0 saturated heterocycles. The maximum absolute atomic E-state index is 16.7. The van der Waals surface area contributed by atoms with Crippen molar-refractivity contribution in [2.45, 2.75) is 168 Å². The summed E-state index contributed by atoms with van der Waals surface area (Å²) in [4.78, 5) is 99.4. The first-order chi connectivity index (χ1) is 54.2. The average Bonchev–Trinajstić information content (AvgIpc) is 0.898. The number of ether oxygens (including phenoxy) is 8. The fraction of sp³-hybridized carbons (Fsp3) is 0.444. The molecule has 0 N–H and O–H groups in total. The fourth-order valence-electron chi connectivity index (χ4n) is 16.4. The van der Waals surface area contributed by atoms with Gasteiger partial charge >= 0.3 is 29.5 Å². The summed E-state index contributed by atoms with van der Waals surface area (Å²) in [6.07, 6.45) is 4.87. The van der Waals surface area contributed by atoms with Crippen molar-refractivity contribution in [3.63, 3.8) is 0 Å². The van der Waals surface area contributed by atoms with Gasteiger partial charge in [0.2, 0.25) is 0 Å². The Hall–Kier alpha value is -9.19. The zero-order valence-corrected chi connectivity index (χ0v) is 70.8. The number of hydrogen-bond acceptors (Lipinski definition) is 20. The third-order valence-electron chi connectivity index (χ3n) is 22.9. The van der Waals surface area contributed by atoms with Gasteiger partial charge in [-0.15, -0.1) is 0 Å². The molecule has 0 bridgehead atoms. The maximum atomic E-state index is 16.7. The number of carbonyl (C=O) groups excluding carboxylic acids is 6. The molecule has 2 atom stereocenters. The van der Waals surface area contributed by atoms with Crippen molar-refractivity contribution in [1.29, 1.82) is 0 Å². The lowest BCUT2D eigenvalue weighted by molar-refractivity contribution is -0.152. The van der Waals surface area contributed by atoms with E-state index in [2.05, 4.69) is 83.1 Å². The lowest BCUT2D eigenvalue weighted by atomic mass is 9.80. The van der Waals surface area contributed by atoms with Gasteiger partial charge in [-0.2, -0.15) is 0 Å². The molecule has 2 aliphatic carbocycles. The van der Waals surface area contributed by atoms with Crippen molar-refractivity contribution in [3.05, 3.63) is 166 Å². The number of esters is 2. The molecular weight excluding hydrogens is 1490 g/mol. The Labute approximate surface area is 669 Å². The summed E-state index contributed by atoms with van der Waals surface area (Å²) in [6.45, 7) is 24.6. The van der Waals surface area contributed by atoms with Crippen LogP contribution < -0.4 is 18.9 Å². The number of benzene rings is 9. The standard InChI is InChI=1S/C90H106N2O20Si2/c1-87(2,3)55-27-35-59(36-28-55)109-67-47-63-71-64(82(94)91(81(63)93)79(53-23-19-20-24-53)85(97)107-45-43-105-51-113(99-13,100-14)101-15)49-69(111-61-39-31-57(32-40-61)89(7,8)9)75-76-70(112-62-41-33-58(34-42-62)90(10,11)12)50-66-72-65(48-68(74(78(72)76)73(67)77(71)75)110-60-37-29-56(30-38-60)88(4,5)6)83(95)92(84(66)96)80(54-25-21-22-26-54)86(98)108-46-44-106-52-114(102-16,103-17)104-18/h27-42,47-50,53-54,79-80H,19-26,43-46,51-52H2,1-18H3. The highest BCUT2D eigenvalue weighted by atomic mass is 28.4. The van der Waals surface area contributed by atoms with E-state index in [4.69, 9.17) is 64.5 Å². The van der Waals surface area contributed by atoms with E-state index in [0.29, 0.717) is 48.7 Å². The molecule has 2 aliphatic heterocycles. The van der Waals surface area contributed by atoms with E-state index in [9.17, 15) is 0 Å². The van der Waals surface area contributed by atoms with Crippen LogP contribution in [-0.2, 0) is 76.8 Å². The van der Waals surface area contributed by atoms with Crippen LogP contribution in [0.3, 0.4) is 0 Å². The molecule has 0 radical (unpaired) electrons. The van der Waals surface area contributed by atoms with Gasteiger partial charge in [-0.25, -0.2) is 9.59 Å². The van der Waals surface area contributed by atoms with E-state index in [0.717, 1.165) is 57.7 Å². The van der Waals surface area contributed by atoms with E-state index < -0.39 is 77.1 Å². The molecule has 0 aromatic heterocycles. The van der Waals surface area contributed by atoms with Gasteiger partial charge in [0.15, 0.2) is 0 Å². The van der Waals surface area contributed by atoms with Crippen LogP contribution in [0.2, 0.25) is 0 Å². The van der Waals surface area contributed by atoms with Crippen LogP contribution >= 0.6 is 0 Å². The van der Waals surface area contributed by atoms with E-state index in [1.54, 1.807) is 24.3 Å². The summed E-state index contributed by atoms with van der Waals surface area (Å²) < 4.78 is 87.1. The monoisotopic (exact) mass is 1590 g/mol.